The summed E-state index contributed by atoms with van der Waals surface area (Å²) in [6.07, 6.45) is -2.09. The average molecular weight is 272 g/mol. The highest BCUT2D eigenvalue weighted by molar-refractivity contribution is 5.59. The molecule has 1 unspecified atom stereocenters. The number of nitrogens with one attached hydrogen (secondary N) is 1. The second kappa shape index (κ2) is 6.19. The first-order valence-corrected chi connectivity index (χ1v) is 6.30. The van der Waals surface area contributed by atoms with Gasteiger partial charge in [0.2, 0.25) is 0 Å². The topological polar surface area (TPSA) is 58.3 Å². The van der Waals surface area contributed by atoms with Gasteiger partial charge in [0.1, 0.15) is 0 Å². The van der Waals surface area contributed by atoms with Crippen LogP contribution >= 0.6 is 0 Å². The van der Waals surface area contributed by atoms with Gasteiger partial charge in [0.15, 0.2) is 0 Å². The number of aliphatic hydroxyl groups excluding tert-OH is 1. The van der Waals surface area contributed by atoms with Gasteiger partial charge in [-0.15, -0.1) is 0 Å². The van der Waals surface area contributed by atoms with Gasteiger partial charge in [-0.25, -0.2) is 8.78 Å². The lowest BCUT2D eigenvalue weighted by Gasteiger charge is -2.32. The van der Waals surface area contributed by atoms with Crippen LogP contribution in [0.5, 0.6) is 0 Å². The predicted octanol–water partition coefficient (Wildman–Crippen LogP) is 3.42. The fraction of sp³-hybridized carbons (Fsp3) is 0.571. The number of alkyl halides is 2. The molecule has 4 N–H and O–H groups in total. The molecule has 0 heterocycles. The molecule has 0 radical (unpaired) electrons. The third kappa shape index (κ3) is 4.35. The second-order valence-electron chi connectivity index (χ2n) is 5.72. The summed E-state index contributed by atoms with van der Waals surface area (Å²) in [5.74, 6) is 0. The van der Waals surface area contributed by atoms with E-state index in [0.29, 0.717) is 17.8 Å². The molecule has 0 amide bonds. The summed E-state index contributed by atoms with van der Waals surface area (Å²) in [5.41, 5.74) is 5.97. The van der Waals surface area contributed by atoms with Crippen molar-refractivity contribution in [3.63, 3.8) is 0 Å². The average Bonchev–Trinajstić information content (AvgIpc) is 2.29. The van der Waals surface area contributed by atoms with Crippen LogP contribution in [0.3, 0.4) is 0 Å². The van der Waals surface area contributed by atoms with E-state index in [1.54, 1.807) is 12.1 Å². The molecule has 108 valence electrons. The van der Waals surface area contributed by atoms with Crippen molar-refractivity contribution in [2.75, 3.05) is 17.7 Å². The maximum Gasteiger partial charge on any atom is 0.265 e. The molecular weight excluding hydrogens is 250 g/mol. The Hall–Kier alpha value is -1.36. The van der Waals surface area contributed by atoms with Gasteiger partial charge in [0.05, 0.1) is 0 Å². The summed E-state index contributed by atoms with van der Waals surface area (Å²) >= 11 is 0. The third-order valence-electron chi connectivity index (χ3n) is 3.10. The van der Waals surface area contributed by atoms with Gasteiger partial charge in [-0.2, -0.15) is 0 Å². The fourth-order valence-electron chi connectivity index (χ4n) is 1.93. The number of aliphatic hydroxyl groups is 1. The monoisotopic (exact) mass is 272 g/mol. The van der Waals surface area contributed by atoms with Crippen LogP contribution in [0.2, 0.25) is 0 Å². The lowest BCUT2D eigenvalue weighted by Crippen LogP contribution is -2.35. The molecule has 1 aromatic carbocycles. The van der Waals surface area contributed by atoms with Crippen molar-refractivity contribution in [3.8, 4) is 0 Å². The third-order valence-corrected chi connectivity index (χ3v) is 3.10. The number of nitrogen functional groups attached to an aromatic ring is 1. The van der Waals surface area contributed by atoms with E-state index < -0.39 is 6.43 Å². The fourth-order valence-corrected chi connectivity index (χ4v) is 1.93. The van der Waals surface area contributed by atoms with E-state index in [0.717, 1.165) is 0 Å². The molecule has 5 heteroatoms. The predicted molar refractivity (Wildman–Crippen MR) is 74.4 cm³/mol. The Labute approximate surface area is 112 Å². The van der Waals surface area contributed by atoms with Crippen LogP contribution in [0, 0.1) is 5.41 Å². The molecule has 0 aliphatic rings. The Morgan fingerprint density at radius 3 is 2.42 bits per heavy atom. The zero-order chi connectivity index (χ0) is 14.6. The Morgan fingerprint density at radius 1 is 1.32 bits per heavy atom. The summed E-state index contributed by atoms with van der Waals surface area (Å²) in [6, 6.07) is 4.34. The molecule has 0 spiro atoms. The standard InChI is InChI=1S/C14H22F2N2O/c1-14(2,3)12(6-7-19)18-11-5-4-9(17)8-10(11)13(15)16/h4-5,8,12-13,18-19H,6-7,17H2,1-3H3. The molecule has 1 atom stereocenters. The second-order valence-corrected chi connectivity index (χ2v) is 5.72. The van der Waals surface area contributed by atoms with Gasteiger partial charge in [-0.05, 0) is 30.0 Å². The van der Waals surface area contributed by atoms with Crippen LogP contribution in [0.15, 0.2) is 18.2 Å². The first kappa shape index (κ1) is 15.7. The summed E-state index contributed by atoms with van der Waals surface area (Å²) in [4.78, 5) is 0. The highest BCUT2D eigenvalue weighted by Gasteiger charge is 2.25. The Balaban J connectivity index is 3.02. The van der Waals surface area contributed by atoms with Crippen LogP contribution in [-0.2, 0) is 0 Å². The van der Waals surface area contributed by atoms with E-state index in [1.807, 2.05) is 20.8 Å². The molecule has 0 bridgehead atoms. The number of anilines is 2. The van der Waals surface area contributed by atoms with E-state index in [1.165, 1.54) is 6.07 Å². The van der Waals surface area contributed by atoms with Gasteiger partial charge in [-0.3, -0.25) is 0 Å². The minimum absolute atomic E-state index is 0.00786. The summed E-state index contributed by atoms with van der Waals surface area (Å²) in [6.45, 7) is 6.01. The normalized spacial score (nSPS) is 13.6. The van der Waals surface area contributed by atoms with E-state index in [9.17, 15) is 8.78 Å². The Bertz CT molecular complexity index is 416. The van der Waals surface area contributed by atoms with Crippen LogP contribution in [0.25, 0.3) is 0 Å². The Morgan fingerprint density at radius 2 is 1.95 bits per heavy atom. The SMILES string of the molecule is CC(C)(C)C(CCO)Nc1ccc(N)cc1C(F)F. The van der Waals surface area contributed by atoms with Gasteiger partial charge in [0, 0.05) is 29.6 Å². The minimum Gasteiger partial charge on any atom is -0.399 e. The van der Waals surface area contributed by atoms with Crippen LogP contribution in [-0.4, -0.2) is 17.8 Å². The number of halogens is 2. The van der Waals surface area contributed by atoms with E-state index >= 15 is 0 Å². The van der Waals surface area contributed by atoms with Crippen LogP contribution in [0.4, 0.5) is 20.2 Å². The van der Waals surface area contributed by atoms with E-state index in [-0.39, 0.29) is 23.6 Å². The van der Waals surface area contributed by atoms with Crippen molar-refractivity contribution in [2.45, 2.75) is 39.7 Å². The van der Waals surface area contributed by atoms with Crippen molar-refractivity contribution in [1.82, 2.24) is 0 Å². The molecular formula is C14H22F2N2O. The van der Waals surface area contributed by atoms with Gasteiger partial charge >= 0.3 is 0 Å². The molecule has 19 heavy (non-hydrogen) atoms. The zero-order valence-electron chi connectivity index (χ0n) is 11.6. The highest BCUT2D eigenvalue weighted by Crippen LogP contribution is 2.32. The van der Waals surface area contributed by atoms with Crippen LogP contribution in [0.1, 0.15) is 39.2 Å². The zero-order valence-corrected chi connectivity index (χ0v) is 11.6. The Kier molecular flexibility index (Phi) is 5.11. The first-order chi connectivity index (χ1) is 8.75. The molecule has 0 aliphatic heterocycles. The molecule has 3 nitrogen and oxygen atoms in total. The van der Waals surface area contributed by atoms with Crippen molar-refractivity contribution in [2.24, 2.45) is 5.41 Å². The molecule has 0 aliphatic carbocycles. The van der Waals surface area contributed by atoms with Gasteiger partial charge in [-0.1, -0.05) is 20.8 Å². The van der Waals surface area contributed by atoms with E-state index in [4.69, 9.17) is 10.8 Å². The number of hydrogen-bond acceptors (Lipinski definition) is 3. The summed E-state index contributed by atoms with van der Waals surface area (Å²) in [5, 5.41) is 12.2. The molecule has 1 rings (SSSR count). The number of rotatable bonds is 5. The lowest BCUT2D eigenvalue weighted by atomic mass is 9.84. The lowest BCUT2D eigenvalue weighted by molar-refractivity contribution is 0.152. The maximum atomic E-state index is 13.0. The number of hydrogen-bond donors (Lipinski definition) is 3. The summed E-state index contributed by atoms with van der Waals surface area (Å²) in [7, 11) is 0. The van der Waals surface area contributed by atoms with Crippen LogP contribution < -0.4 is 11.1 Å². The van der Waals surface area contributed by atoms with Crippen molar-refractivity contribution >= 4 is 11.4 Å². The molecule has 0 saturated heterocycles. The van der Waals surface area contributed by atoms with Crippen molar-refractivity contribution < 1.29 is 13.9 Å². The molecule has 0 saturated carbocycles. The quantitative estimate of drug-likeness (QED) is 0.720. The smallest absolute Gasteiger partial charge is 0.265 e. The van der Waals surface area contributed by atoms with E-state index in [2.05, 4.69) is 5.32 Å². The largest absolute Gasteiger partial charge is 0.399 e. The molecule has 0 fully saturated rings. The molecule has 0 aromatic heterocycles. The highest BCUT2D eigenvalue weighted by atomic mass is 19.3. The minimum atomic E-state index is -2.58. The van der Waals surface area contributed by atoms with Crippen molar-refractivity contribution in [3.05, 3.63) is 23.8 Å². The number of benzene rings is 1. The maximum absolute atomic E-state index is 13.0. The first-order valence-electron chi connectivity index (χ1n) is 6.30. The summed E-state index contributed by atoms with van der Waals surface area (Å²) < 4.78 is 26.0. The van der Waals surface area contributed by atoms with Gasteiger partial charge in [0.25, 0.3) is 6.43 Å². The molecule has 1 aromatic rings. The van der Waals surface area contributed by atoms with Gasteiger partial charge < -0.3 is 16.2 Å². The van der Waals surface area contributed by atoms with Crippen molar-refractivity contribution in [1.29, 1.82) is 0 Å². The number of nitrogens with two attached hydrogens (primary N) is 1.